The Morgan fingerprint density at radius 2 is 1.78 bits per heavy atom. The molecule has 2 aromatic rings. The number of hydrogen-bond acceptors (Lipinski definition) is 5. The molecule has 7 nitrogen and oxygen atoms in total. The van der Waals surface area contributed by atoms with Crippen LogP contribution in [0.4, 0.5) is 0 Å². The van der Waals surface area contributed by atoms with Crippen LogP contribution in [0.5, 0.6) is 11.5 Å². The Balaban J connectivity index is 1.76. The molecule has 23 heavy (non-hydrogen) atoms. The minimum Gasteiger partial charge on any atom is -0.454 e. The second kappa shape index (κ2) is 5.92. The van der Waals surface area contributed by atoms with Gasteiger partial charge < -0.3 is 9.47 Å². The van der Waals surface area contributed by atoms with Crippen LogP contribution in [0.25, 0.3) is 0 Å². The van der Waals surface area contributed by atoms with E-state index in [2.05, 4.69) is 0 Å². The van der Waals surface area contributed by atoms with E-state index in [1.807, 2.05) is 30.1 Å². The predicted octanol–water partition coefficient (Wildman–Crippen LogP) is 0.445. The summed E-state index contributed by atoms with van der Waals surface area (Å²) < 4.78 is 13.3. The third-order valence-corrected chi connectivity index (χ3v) is 3.95. The number of aromatic nitrogens is 2. The second-order valence-corrected chi connectivity index (χ2v) is 5.73. The molecular formula is C16H19N3O4. The van der Waals surface area contributed by atoms with Gasteiger partial charge in [0.05, 0.1) is 0 Å². The predicted molar refractivity (Wildman–Crippen MR) is 84.7 cm³/mol. The Kier molecular flexibility index (Phi) is 3.96. The normalized spacial score (nSPS) is 12.9. The lowest BCUT2D eigenvalue weighted by molar-refractivity contribution is 0.174. The number of nitrogens with zero attached hydrogens (tertiary/aromatic N) is 3. The zero-order valence-electron chi connectivity index (χ0n) is 13.4. The first kappa shape index (κ1) is 15.4. The molecule has 0 saturated carbocycles. The molecular weight excluding hydrogens is 298 g/mol. The van der Waals surface area contributed by atoms with E-state index in [0.29, 0.717) is 18.8 Å². The topological polar surface area (TPSA) is 65.7 Å². The molecule has 0 N–H and O–H groups in total. The third kappa shape index (κ3) is 3.00. The van der Waals surface area contributed by atoms with Gasteiger partial charge in [-0.1, -0.05) is 6.07 Å². The Morgan fingerprint density at radius 3 is 2.57 bits per heavy atom. The highest BCUT2D eigenvalue weighted by Crippen LogP contribution is 2.32. The molecule has 0 spiro atoms. The van der Waals surface area contributed by atoms with Crippen molar-refractivity contribution in [3.8, 4) is 11.5 Å². The maximum absolute atomic E-state index is 12.0. The molecule has 0 amide bonds. The van der Waals surface area contributed by atoms with Crippen molar-refractivity contribution < 1.29 is 9.47 Å². The molecule has 0 aliphatic carbocycles. The maximum Gasteiger partial charge on any atom is 0.330 e. The molecule has 0 radical (unpaired) electrons. The van der Waals surface area contributed by atoms with Gasteiger partial charge in [0.1, 0.15) is 0 Å². The van der Waals surface area contributed by atoms with Crippen molar-refractivity contribution in [1.29, 1.82) is 0 Å². The molecule has 122 valence electrons. The largest absolute Gasteiger partial charge is 0.454 e. The smallest absolute Gasteiger partial charge is 0.330 e. The fourth-order valence-electron chi connectivity index (χ4n) is 2.61. The molecule has 1 aromatic heterocycles. The van der Waals surface area contributed by atoms with Gasteiger partial charge in [-0.25, -0.2) is 4.79 Å². The first-order valence-corrected chi connectivity index (χ1v) is 7.28. The van der Waals surface area contributed by atoms with E-state index < -0.39 is 0 Å². The van der Waals surface area contributed by atoms with Crippen LogP contribution in [0.15, 0.2) is 33.9 Å². The summed E-state index contributed by atoms with van der Waals surface area (Å²) >= 11 is 0. The lowest BCUT2D eigenvalue weighted by Gasteiger charge is -2.19. The van der Waals surface area contributed by atoms with Crippen molar-refractivity contribution in [3.63, 3.8) is 0 Å². The van der Waals surface area contributed by atoms with Crippen molar-refractivity contribution >= 4 is 0 Å². The minimum absolute atomic E-state index is 0.254. The zero-order valence-corrected chi connectivity index (χ0v) is 13.4. The number of benzene rings is 1. The van der Waals surface area contributed by atoms with Crippen molar-refractivity contribution in [3.05, 3.63) is 56.4 Å². The molecule has 1 aliphatic heterocycles. The van der Waals surface area contributed by atoms with E-state index in [-0.39, 0.29) is 18.0 Å². The standard InChI is InChI=1S/C16H19N3O4/c1-17(8-11-4-5-13-14(6-11)23-10-22-13)9-12-7-15(20)19(3)16(21)18(12)2/h4-7H,8-10H2,1-3H3. The summed E-state index contributed by atoms with van der Waals surface area (Å²) in [6, 6.07) is 7.31. The highest BCUT2D eigenvalue weighted by Gasteiger charge is 2.14. The summed E-state index contributed by atoms with van der Waals surface area (Å²) in [5.74, 6) is 1.50. The first-order chi connectivity index (χ1) is 11.0. The maximum atomic E-state index is 12.0. The van der Waals surface area contributed by atoms with Crippen LogP contribution in [0, 0.1) is 0 Å². The number of ether oxygens (including phenoxy) is 2. The van der Waals surface area contributed by atoms with Crippen LogP contribution in [0.1, 0.15) is 11.3 Å². The SMILES string of the molecule is CN(Cc1ccc2c(c1)OCO2)Cc1cc(=O)n(C)c(=O)n1C. The summed E-state index contributed by atoms with van der Waals surface area (Å²) in [6.07, 6.45) is 0. The lowest BCUT2D eigenvalue weighted by Crippen LogP contribution is -2.39. The fraction of sp³-hybridized carbons (Fsp3) is 0.375. The number of fused-ring (bicyclic) bond motifs is 1. The Labute approximate surface area is 133 Å². The second-order valence-electron chi connectivity index (χ2n) is 5.73. The van der Waals surface area contributed by atoms with E-state index in [9.17, 15) is 9.59 Å². The third-order valence-electron chi connectivity index (χ3n) is 3.95. The van der Waals surface area contributed by atoms with E-state index in [1.165, 1.54) is 17.7 Å². The van der Waals surface area contributed by atoms with Crippen LogP contribution in [0.2, 0.25) is 0 Å². The summed E-state index contributed by atoms with van der Waals surface area (Å²) in [5.41, 5.74) is 1.15. The van der Waals surface area contributed by atoms with E-state index in [0.717, 1.165) is 21.6 Å². The Bertz CT molecular complexity index is 853. The Morgan fingerprint density at radius 1 is 1.04 bits per heavy atom. The summed E-state index contributed by atoms with van der Waals surface area (Å²) in [4.78, 5) is 25.8. The van der Waals surface area contributed by atoms with Gasteiger partial charge in [-0.05, 0) is 24.7 Å². The van der Waals surface area contributed by atoms with Gasteiger partial charge in [0.15, 0.2) is 11.5 Å². The molecule has 0 bridgehead atoms. The van der Waals surface area contributed by atoms with Crippen LogP contribution in [-0.2, 0) is 27.2 Å². The van der Waals surface area contributed by atoms with Crippen LogP contribution < -0.4 is 20.7 Å². The van der Waals surface area contributed by atoms with Crippen molar-refractivity contribution in [2.75, 3.05) is 13.8 Å². The van der Waals surface area contributed by atoms with Crippen molar-refractivity contribution in [2.45, 2.75) is 13.1 Å². The fourth-order valence-corrected chi connectivity index (χ4v) is 2.61. The first-order valence-electron chi connectivity index (χ1n) is 7.28. The summed E-state index contributed by atoms with van der Waals surface area (Å²) in [7, 11) is 5.09. The van der Waals surface area contributed by atoms with E-state index in [1.54, 1.807) is 7.05 Å². The van der Waals surface area contributed by atoms with Gasteiger partial charge in [0.2, 0.25) is 6.79 Å². The molecule has 7 heteroatoms. The average Bonchev–Trinajstić information content (AvgIpc) is 2.98. The van der Waals surface area contributed by atoms with Crippen molar-refractivity contribution in [2.24, 2.45) is 14.1 Å². The molecule has 0 atom stereocenters. The molecule has 2 heterocycles. The zero-order chi connectivity index (χ0) is 16.6. The van der Waals surface area contributed by atoms with Gasteiger partial charge in [0.25, 0.3) is 5.56 Å². The molecule has 1 aliphatic rings. The van der Waals surface area contributed by atoms with Crippen LogP contribution in [-0.4, -0.2) is 27.9 Å². The molecule has 0 saturated heterocycles. The van der Waals surface area contributed by atoms with Gasteiger partial charge in [-0.3, -0.25) is 18.8 Å². The summed E-state index contributed by atoms with van der Waals surface area (Å²) in [5, 5.41) is 0. The molecule has 0 fully saturated rings. The van der Waals surface area contributed by atoms with E-state index in [4.69, 9.17) is 9.47 Å². The highest BCUT2D eigenvalue weighted by atomic mass is 16.7. The van der Waals surface area contributed by atoms with Gasteiger partial charge in [-0.2, -0.15) is 0 Å². The number of rotatable bonds is 4. The summed E-state index contributed by atoms with van der Waals surface area (Å²) in [6.45, 7) is 1.42. The molecule has 3 rings (SSSR count). The lowest BCUT2D eigenvalue weighted by atomic mass is 10.2. The quantitative estimate of drug-likeness (QED) is 0.819. The molecule has 0 unspecified atom stereocenters. The van der Waals surface area contributed by atoms with Gasteiger partial charge in [-0.15, -0.1) is 0 Å². The average molecular weight is 317 g/mol. The highest BCUT2D eigenvalue weighted by molar-refractivity contribution is 5.44. The van der Waals surface area contributed by atoms with E-state index >= 15 is 0 Å². The van der Waals surface area contributed by atoms with Crippen LogP contribution >= 0.6 is 0 Å². The van der Waals surface area contributed by atoms with Crippen LogP contribution in [0.3, 0.4) is 0 Å². The number of hydrogen-bond donors (Lipinski definition) is 0. The minimum atomic E-state index is -0.316. The van der Waals surface area contributed by atoms with Gasteiger partial charge in [0, 0.05) is 38.9 Å². The van der Waals surface area contributed by atoms with Gasteiger partial charge >= 0.3 is 5.69 Å². The molecule has 1 aromatic carbocycles. The Hall–Kier alpha value is -2.54. The van der Waals surface area contributed by atoms with Crippen molar-refractivity contribution in [1.82, 2.24) is 14.0 Å². The monoisotopic (exact) mass is 317 g/mol.